The number of nitrogens with one attached hydrogen (secondary N) is 1. The Hall–Kier alpha value is -1.56. The lowest BCUT2D eigenvalue weighted by Gasteiger charge is -2.37. The minimum atomic E-state index is -4.86. The van der Waals surface area contributed by atoms with Crippen molar-refractivity contribution in [2.75, 3.05) is 20.6 Å². The summed E-state index contributed by atoms with van der Waals surface area (Å²) in [4.78, 5) is 12.7. The average molecular weight is 274 g/mol. The highest BCUT2D eigenvalue weighted by Gasteiger charge is 2.40. The molecule has 0 spiro atoms. The summed E-state index contributed by atoms with van der Waals surface area (Å²) in [5.41, 5.74) is 0.129. The standard InChI is InChI=1S/C13H17F3N2O/c1-12(18(2)3,10-7-5-4-6-8-10)9-17-11(19)13(14,15)16/h4-8H,9H2,1-3H3,(H,17,19). The van der Waals surface area contributed by atoms with Crippen molar-refractivity contribution in [2.24, 2.45) is 0 Å². The minimum Gasteiger partial charge on any atom is -0.346 e. The molecule has 1 aromatic carbocycles. The molecular weight excluding hydrogens is 257 g/mol. The van der Waals surface area contributed by atoms with E-state index < -0.39 is 17.6 Å². The van der Waals surface area contributed by atoms with E-state index in [0.29, 0.717) is 0 Å². The number of likely N-dealkylation sites (N-methyl/N-ethyl adjacent to an activating group) is 1. The number of rotatable bonds is 4. The number of carbonyl (C=O) groups excluding carboxylic acids is 1. The number of carbonyl (C=O) groups is 1. The van der Waals surface area contributed by atoms with Gasteiger partial charge in [-0.3, -0.25) is 9.69 Å². The molecule has 0 bridgehead atoms. The maximum Gasteiger partial charge on any atom is 0.471 e. The Bertz CT molecular complexity index is 431. The Kier molecular flexibility index (Phi) is 4.57. The Morgan fingerprint density at radius 3 is 2.16 bits per heavy atom. The lowest BCUT2D eigenvalue weighted by molar-refractivity contribution is -0.174. The number of nitrogens with zero attached hydrogens (tertiary/aromatic N) is 1. The molecule has 0 aliphatic rings. The van der Waals surface area contributed by atoms with Gasteiger partial charge in [0.05, 0.1) is 5.54 Å². The summed E-state index contributed by atoms with van der Waals surface area (Å²) >= 11 is 0. The summed E-state index contributed by atoms with van der Waals surface area (Å²) in [5, 5.41) is 1.94. The molecule has 1 aromatic rings. The highest BCUT2D eigenvalue weighted by atomic mass is 19.4. The van der Waals surface area contributed by atoms with Gasteiger partial charge in [-0.25, -0.2) is 0 Å². The lowest BCUT2D eigenvalue weighted by atomic mass is 9.90. The van der Waals surface area contributed by atoms with Gasteiger partial charge in [0, 0.05) is 6.54 Å². The van der Waals surface area contributed by atoms with E-state index >= 15 is 0 Å². The third kappa shape index (κ3) is 3.70. The van der Waals surface area contributed by atoms with Gasteiger partial charge in [-0.1, -0.05) is 30.3 Å². The molecule has 0 radical (unpaired) electrons. The van der Waals surface area contributed by atoms with Crippen molar-refractivity contribution in [1.82, 2.24) is 10.2 Å². The van der Waals surface area contributed by atoms with E-state index in [4.69, 9.17) is 0 Å². The Labute approximate surface area is 110 Å². The van der Waals surface area contributed by atoms with Gasteiger partial charge in [0.2, 0.25) is 0 Å². The van der Waals surface area contributed by atoms with Crippen molar-refractivity contribution in [1.29, 1.82) is 0 Å². The number of amides is 1. The second-order valence-corrected chi connectivity index (χ2v) is 4.71. The maximum absolute atomic E-state index is 12.2. The Morgan fingerprint density at radius 2 is 1.74 bits per heavy atom. The maximum atomic E-state index is 12.2. The topological polar surface area (TPSA) is 32.3 Å². The molecule has 1 amide bonds. The van der Waals surface area contributed by atoms with Gasteiger partial charge in [-0.2, -0.15) is 13.2 Å². The number of alkyl halides is 3. The highest BCUT2D eigenvalue weighted by Crippen LogP contribution is 2.25. The van der Waals surface area contributed by atoms with Crippen molar-refractivity contribution in [2.45, 2.75) is 18.6 Å². The first-order valence-corrected chi connectivity index (χ1v) is 5.76. The van der Waals surface area contributed by atoms with Gasteiger partial charge in [0.1, 0.15) is 0 Å². The van der Waals surface area contributed by atoms with E-state index in [0.717, 1.165) is 5.56 Å². The molecule has 0 aliphatic heterocycles. The van der Waals surface area contributed by atoms with E-state index in [-0.39, 0.29) is 6.54 Å². The molecule has 1 rings (SSSR count). The highest BCUT2D eigenvalue weighted by molar-refractivity contribution is 5.81. The van der Waals surface area contributed by atoms with Crippen LogP contribution in [0.5, 0.6) is 0 Å². The Morgan fingerprint density at radius 1 is 1.21 bits per heavy atom. The Balaban J connectivity index is 2.88. The van der Waals surface area contributed by atoms with E-state index in [2.05, 4.69) is 0 Å². The lowest BCUT2D eigenvalue weighted by Crippen LogP contribution is -2.50. The fourth-order valence-corrected chi connectivity index (χ4v) is 1.67. The smallest absolute Gasteiger partial charge is 0.346 e. The predicted octanol–water partition coefficient (Wildman–Crippen LogP) is 2.14. The molecule has 1 N–H and O–H groups in total. The molecular formula is C13H17F3N2O. The van der Waals surface area contributed by atoms with Crippen molar-refractivity contribution in [3.05, 3.63) is 35.9 Å². The van der Waals surface area contributed by atoms with Crippen LogP contribution in [-0.2, 0) is 10.3 Å². The van der Waals surface area contributed by atoms with Crippen LogP contribution in [0.15, 0.2) is 30.3 Å². The normalized spacial score (nSPS) is 15.1. The van der Waals surface area contributed by atoms with Crippen molar-refractivity contribution < 1.29 is 18.0 Å². The first-order valence-electron chi connectivity index (χ1n) is 5.76. The predicted molar refractivity (Wildman–Crippen MR) is 66.5 cm³/mol. The summed E-state index contributed by atoms with van der Waals surface area (Å²) < 4.78 is 36.6. The molecule has 1 atom stereocenters. The number of hydrogen-bond donors (Lipinski definition) is 1. The van der Waals surface area contributed by atoms with Crippen molar-refractivity contribution in [3.63, 3.8) is 0 Å². The van der Waals surface area contributed by atoms with Crippen LogP contribution in [0.4, 0.5) is 13.2 Å². The summed E-state index contributed by atoms with van der Waals surface area (Å²) in [7, 11) is 3.51. The molecule has 6 heteroatoms. The van der Waals surface area contributed by atoms with Crippen molar-refractivity contribution in [3.8, 4) is 0 Å². The van der Waals surface area contributed by atoms with Crippen LogP contribution in [0, 0.1) is 0 Å². The third-order valence-electron chi connectivity index (χ3n) is 3.23. The first-order chi connectivity index (χ1) is 8.68. The second-order valence-electron chi connectivity index (χ2n) is 4.71. The average Bonchev–Trinajstić information content (AvgIpc) is 2.35. The van der Waals surface area contributed by atoms with E-state index in [1.807, 2.05) is 35.6 Å². The number of benzene rings is 1. The minimum absolute atomic E-state index is 0.123. The number of hydrogen-bond acceptors (Lipinski definition) is 2. The van der Waals surface area contributed by atoms with Gasteiger partial charge in [-0.15, -0.1) is 0 Å². The molecule has 0 saturated carbocycles. The first kappa shape index (κ1) is 15.5. The van der Waals surface area contributed by atoms with E-state index in [1.54, 1.807) is 25.9 Å². The van der Waals surface area contributed by atoms with E-state index in [9.17, 15) is 18.0 Å². The van der Waals surface area contributed by atoms with Gasteiger partial charge < -0.3 is 5.32 Å². The SMILES string of the molecule is CN(C)C(C)(CNC(=O)C(F)(F)F)c1ccccc1. The molecule has 0 aromatic heterocycles. The molecule has 106 valence electrons. The molecule has 1 unspecified atom stereocenters. The van der Waals surface area contributed by atoms with Crippen LogP contribution in [0.3, 0.4) is 0 Å². The zero-order valence-electron chi connectivity index (χ0n) is 11.1. The summed E-state index contributed by atoms with van der Waals surface area (Å²) in [6, 6.07) is 9.08. The second kappa shape index (κ2) is 5.61. The molecule has 0 saturated heterocycles. The van der Waals surface area contributed by atoms with Crippen LogP contribution >= 0.6 is 0 Å². The zero-order valence-corrected chi connectivity index (χ0v) is 11.1. The van der Waals surface area contributed by atoms with Gasteiger partial charge in [0.25, 0.3) is 0 Å². The fraction of sp³-hybridized carbons (Fsp3) is 0.462. The molecule has 0 aliphatic carbocycles. The fourth-order valence-electron chi connectivity index (χ4n) is 1.67. The largest absolute Gasteiger partial charge is 0.471 e. The molecule has 3 nitrogen and oxygen atoms in total. The van der Waals surface area contributed by atoms with Crippen LogP contribution in [0.1, 0.15) is 12.5 Å². The van der Waals surface area contributed by atoms with E-state index in [1.165, 1.54) is 0 Å². The zero-order chi connectivity index (χ0) is 14.7. The summed E-state index contributed by atoms with van der Waals surface area (Å²) in [6.07, 6.45) is -4.86. The summed E-state index contributed by atoms with van der Waals surface area (Å²) in [6.45, 7) is 1.65. The monoisotopic (exact) mass is 274 g/mol. The van der Waals surface area contributed by atoms with Crippen LogP contribution in [0.2, 0.25) is 0 Å². The van der Waals surface area contributed by atoms with Crippen molar-refractivity contribution >= 4 is 5.91 Å². The van der Waals surface area contributed by atoms with Gasteiger partial charge in [-0.05, 0) is 26.6 Å². The molecule has 0 fully saturated rings. The molecule has 19 heavy (non-hydrogen) atoms. The molecule has 0 heterocycles. The quantitative estimate of drug-likeness (QED) is 0.912. The number of halogens is 3. The van der Waals surface area contributed by atoms with Gasteiger partial charge >= 0.3 is 12.1 Å². The van der Waals surface area contributed by atoms with Crippen LogP contribution < -0.4 is 5.32 Å². The van der Waals surface area contributed by atoms with Gasteiger partial charge in [0.15, 0.2) is 0 Å². The van der Waals surface area contributed by atoms with Crippen LogP contribution in [0.25, 0.3) is 0 Å². The third-order valence-corrected chi connectivity index (χ3v) is 3.23. The summed E-state index contributed by atoms with van der Waals surface area (Å²) in [5.74, 6) is -1.92. The van der Waals surface area contributed by atoms with Crippen LogP contribution in [-0.4, -0.2) is 37.6 Å².